The van der Waals surface area contributed by atoms with Crippen molar-refractivity contribution in [2.45, 2.75) is 59.7 Å². The molecule has 4 nitrogen and oxygen atoms in total. The van der Waals surface area contributed by atoms with Crippen molar-refractivity contribution in [3.8, 4) is 17.1 Å². The van der Waals surface area contributed by atoms with Gasteiger partial charge in [0.2, 0.25) is 5.71 Å². The van der Waals surface area contributed by atoms with E-state index >= 15 is 0 Å². The Labute approximate surface area is 298 Å². The normalized spacial score (nSPS) is 14.7. The molecule has 3 aromatic heterocycles. The van der Waals surface area contributed by atoms with Crippen molar-refractivity contribution in [1.29, 1.82) is 0 Å². The van der Waals surface area contributed by atoms with Gasteiger partial charge in [-0.05, 0) is 96.3 Å². The number of hydrogen-bond acceptors (Lipinski definition) is 2. The fraction of sp³-hybridized carbons (Fsp3) is 0.217. The molecule has 0 saturated carbocycles. The molecule has 7 aromatic rings. The van der Waals surface area contributed by atoms with Crippen LogP contribution in [-0.2, 0) is 7.05 Å². The van der Waals surface area contributed by atoms with Gasteiger partial charge in [-0.25, -0.2) is 9.55 Å². The summed E-state index contributed by atoms with van der Waals surface area (Å²) in [6.45, 7) is 8.90. The highest BCUT2D eigenvalue weighted by molar-refractivity contribution is 6.09. The van der Waals surface area contributed by atoms with E-state index in [1.54, 1.807) is 6.07 Å². The third-order valence-electron chi connectivity index (χ3n) is 10.2. The fourth-order valence-electron chi connectivity index (χ4n) is 7.59. The number of imidazole rings is 1. The molecule has 0 unspecified atom stereocenters. The Kier molecular flexibility index (Phi) is 7.06. The van der Waals surface area contributed by atoms with E-state index < -0.39 is 6.85 Å². The zero-order chi connectivity index (χ0) is 37.2. The summed E-state index contributed by atoms with van der Waals surface area (Å²) < 4.78 is 35.2. The van der Waals surface area contributed by atoms with Gasteiger partial charge in [0.05, 0.1) is 7.05 Å². The highest BCUT2D eigenvalue weighted by atomic mass is 16.3. The summed E-state index contributed by atoms with van der Waals surface area (Å²) in [6.07, 6.45) is 9.96. The standard InChI is InChI=1S/C46H44N3O/c1-28(2)38-26-35(34-17-13-16-33(22-23-34)32-14-9-8-10-15-32)27-39(29(3)4)43(38)49-41-19-12-11-18-40(41)48(7)46(49)42-30(5)20-24-36-37-25-21-31(6)47-45(37)50-44(36)42/h8-15,17-29H,16H2,1-7H3/q+1/i6D3. The maximum absolute atomic E-state index is 7.96. The minimum absolute atomic E-state index is 0.0237. The molecule has 3 heterocycles. The van der Waals surface area contributed by atoms with E-state index in [1.165, 1.54) is 39.1 Å². The molecule has 1 aliphatic rings. The molecule has 1 aliphatic carbocycles. The Morgan fingerprint density at radius 1 is 0.820 bits per heavy atom. The van der Waals surface area contributed by atoms with Crippen LogP contribution in [0.5, 0.6) is 0 Å². The monoisotopic (exact) mass is 657 g/mol. The highest BCUT2D eigenvalue weighted by Crippen LogP contribution is 2.42. The molecule has 4 aromatic carbocycles. The first kappa shape index (κ1) is 28.4. The van der Waals surface area contributed by atoms with Gasteiger partial charge >= 0.3 is 0 Å². The molecule has 8 rings (SSSR count). The summed E-state index contributed by atoms with van der Waals surface area (Å²) in [5.74, 6) is 1.43. The molecule has 0 spiro atoms. The second-order valence-corrected chi connectivity index (χ2v) is 14.1. The summed E-state index contributed by atoms with van der Waals surface area (Å²) >= 11 is 0. The molecule has 0 N–H and O–H groups in total. The number of para-hydroxylation sites is 2. The predicted molar refractivity (Wildman–Crippen MR) is 209 cm³/mol. The minimum atomic E-state index is -2.33. The first-order valence-corrected chi connectivity index (χ1v) is 17.6. The third-order valence-corrected chi connectivity index (χ3v) is 10.2. The van der Waals surface area contributed by atoms with Crippen LogP contribution in [0.3, 0.4) is 0 Å². The number of allylic oxidation sites excluding steroid dienone is 6. The summed E-state index contributed by atoms with van der Waals surface area (Å²) in [5.41, 5.74) is 13.9. The van der Waals surface area contributed by atoms with Crippen LogP contribution in [0, 0.1) is 13.8 Å². The van der Waals surface area contributed by atoms with Crippen LogP contribution in [0.15, 0.2) is 120 Å². The van der Waals surface area contributed by atoms with E-state index in [1.807, 2.05) is 6.07 Å². The molecule has 50 heavy (non-hydrogen) atoms. The number of aromatic nitrogens is 3. The second kappa shape index (κ2) is 12.4. The Balaban J connectivity index is 1.41. The maximum Gasteiger partial charge on any atom is 0.299 e. The number of rotatable bonds is 6. The fourth-order valence-corrected chi connectivity index (χ4v) is 7.59. The average molecular weight is 658 g/mol. The lowest BCUT2D eigenvalue weighted by molar-refractivity contribution is -0.633. The van der Waals surface area contributed by atoms with Crippen molar-refractivity contribution in [2.24, 2.45) is 7.05 Å². The van der Waals surface area contributed by atoms with Gasteiger partial charge in [-0.2, -0.15) is 4.57 Å². The lowest BCUT2D eigenvalue weighted by Gasteiger charge is -2.21. The molecule has 0 radical (unpaired) electrons. The quantitative estimate of drug-likeness (QED) is 0.167. The van der Waals surface area contributed by atoms with Gasteiger partial charge in [-0.1, -0.05) is 107 Å². The van der Waals surface area contributed by atoms with Crippen LogP contribution in [0.1, 0.15) is 83.6 Å². The topological polar surface area (TPSA) is 34.8 Å². The zero-order valence-electron chi connectivity index (χ0n) is 32.6. The van der Waals surface area contributed by atoms with Crippen LogP contribution >= 0.6 is 0 Å². The summed E-state index contributed by atoms with van der Waals surface area (Å²) in [5, 5.41) is 1.70. The smallest absolute Gasteiger partial charge is 0.299 e. The number of aryl methyl sites for hydroxylation is 3. The Bertz CT molecular complexity index is 2620. The zero-order valence-corrected chi connectivity index (χ0v) is 29.6. The molecule has 0 aliphatic heterocycles. The number of pyridine rings is 1. The number of nitrogens with zero attached hydrogens (tertiary/aromatic N) is 3. The molecule has 0 bridgehead atoms. The van der Waals surface area contributed by atoms with Crippen molar-refractivity contribution in [3.05, 3.63) is 149 Å². The van der Waals surface area contributed by atoms with Gasteiger partial charge in [0.1, 0.15) is 11.3 Å². The molecule has 4 heteroatoms. The van der Waals surface area contributed by atoms with Crippen LogP contribution in [0.2, 0.25) is 0 Å². The van der Waals surface area contributed by atoms with Crippen LogP contribution < -0.4 is 4.57 Å². The molecule has 0 fully saturated rings. The van der Waals surface area contributed by atoms with Crippen LogP contribution in [0.25, 0.3) is 61.3 Å². The van der Waals surface area contributed by atoms with Crippen molar-refractivity contribution in [3.63, 3.8) is 0 Å². The van der Waals surface area contributed by atoms with Gasteiger partial charge in [-0.15, -0.1) is 0 Å². The maximum atomic E-state index is 7.96. The van der Waals surface area contributed by atoms with E-state index in [2.05, 4.69) is 159 Å². The summed E-state index contributed by atoms with van der Waals surface area (Å²) in [6, 6.07) is 31.5. The summed E-state index contributed by atoms with van der Waals surface area (Å²) in [7, 11) is 2.12. The minimum Gasteiger partial charge on any atom is -0.437 e. The van der Waals surface area contributed by atoms with Crippen LogP contribution in [0.4, 0.5) is 0 Å². The van der Waals surface area contributed by atoms with E-state index in [4.69, 9.17) is 8.53 Å². The lowest BCUT2D eigenvalue weighted by Crippen LogP contribution is -2.30. The van der Waals surface area contributed by atoms with Gasteiger partial charge in [0, 0.05) is 31.7 Å². The van der Waals surface area contributed by atoms with Gasteiger partial charge in [0.15, 0.2) is 16.6 Å². The second-order valence-electron chi connectivity index (χ2n) is 14.1. The summed E-state index contributed by atoms with van der Waals surface area (Å²) in [4.78, 5) is 4.49. The first-order chi connectivity index (χ1) is 25.4. The van der Waals surface area contributed by atoms with Gasteiger partial charge in [-0.3, -0.25) is 0 Å². The molecule has 248 valence electrons. The molecule has 0 amide bonds. The van der Waals surface area contributed by atoms with E-state index in [-0.39, 0.29) is 17.5 Å². The van der Waals surface area contributed by atoms with E-state index in [9.17, 15) is 0 Å². The Morgan fingerprint density at radius 3 is 2.28 bits per heavy atom. The van der Waals surface area contributed by atoms with Crippen molar-refractivity contribution < 1.29 is 13.1 Å². The van der Waals surface area contributed by atoms with Gasteiger partial charge < -0.3 is 4.42 Å². The third kappa shape index (κ3) is 5.22. The first-order valence-electron chi connectivity index (χ1n) is 19.1. The van der Waals surface area contributed by atoms with Gasteiger partial charge in [0.25, 0.3) is 5.82 Å². The molecular weight excluding hydrogens is 611 g/mol. The highest BCUT2D eigenvalue weighted by Gasteiger charge is 2.34. The molecule has 0 atom stereocenters. The largest absolute Gasteiger partial charge is 0.437 e. The lowest BCUT2D eigenvalue weighted by atomic mass is 9.87. The number of hydrogen-bond donors (Lipinski definition) is 0. The SMILES string of the molecule is [2H]C([2H])([2H])c1ccc2c(n1)oc1c(-c3n(-c4c(C(C)C)cc(C5=CC=C(c6ccccc6)CC=C5)cc4C(C)C)c4ccccc4[n+]3C)c(C)ccc12. The Hall–Kier alpha value is -5.48. The van der Waals surface area contributed by atoms with E-state index in [0.717, 1.165) is 45.2 Å². The number of furan rings is 1. The van der Waals surface area contributed by atoms with Crippen molar-refractivity contribution in [2.75, 3.05) is 0 Å². The van der Waals surface area contributed by atoms with Crippen molar-refractivity contribution >= 4 is 44.2 Å². The van der Waals surface area contributed by atoms with Crippen molar-refractivity contribution in [1.82, 2.24) is 9.55 Å². The average Bonchev–Trinajstić information content (AvgIpc) is 3.52. The Morgan fingerprint density at radius 2 is 1.54 bits per heavy atom. The predicted octanol–water partition coefficient (Wildman–Crippen LogP) is 11.7. The number of fused-ring (bicyclic) bond motifs is 4. The van der Waals surface area contributed by atoms with Crippen LogP contribution in [-0.4, -0.2) is 9.55 Å². The van der Waals surface area contributed by atoms with E-state index in [0.29, 0.717) is 11.3 Å². The molecule has 0 saturated heterocycles. The number of benzene rings is 4. The molecular formula is C46H44N3O+.